The molecule has 1 aliphatic carbocycles. The Bertz CT molecular complexity index is 1370. The summed E-state index contributed by atoms with van der Waals surface area (Å²) in [6.07, 6.45) is 4.08. The summed E-state index contributed by atoms with van der Waals surface area (Å²) < 4.78 is 11.8. The van der Waals surface area contributed by atoms with Gasteiger partial charge in [-0.3, -0.25) is 4.79 Å². The minimum absolute atomic E-state index is 0.0481. The molecule has 4 atom stereocenters. The summed E-state index contributed by atoms with van der Waals surface area (Å²) >= 11 is 6.17. The van der Waals surface area contributed by atoms with Crippen molar-refractivity contribution in [3.63, 3.8) is 0 Å². The summed E-state index contributed by atoms with van der Waals surface area (Å²) in [4.78, 5) is 27.9. The maximum Gasteiger partial charge on any atom is 0.336 e. The third-order valence-corrected chi connectivity index (χ3v) is 8.38. The van der Waals surface area contributed by atoms with Crippen molar-refractivity contribution in [2.75, 3.05) is 6.54 Å². The number of aliphatic hydroxyl groups is 1. The lowest BCUT2D eigenvalue weighted by atomic mass is 9.66. The second kappa shape index (κ2) is 10.1. The molecule has 2 heterocycles. The molecule has 7 heteroatoms. The highest BCUT2D eigenvalue weighted by Crippen LogP contribution is 2.49. The van der Waals surface area contributed by atoms with Gasteiger partial charge in [0.25, 0.3) is 5.91 Å². The third kappa shape index (κ3) is 4.89. The Balaban J connectivity index is 1.49. The van der Waals surface area contributed by atoms with Crippen LogP contribution in [0.25, 0.3) is 11.0 Å². The predicted octanol–water partition coefficient (Wildman–Crippen LogP) is 5.98. The molecule has 196 valence electrons. The van der Waals surface area contributed by atoms with Gasteiger partial charge in [0, 0.05) is 23.6 Å². The van der Waals surface area contributed by atoms with Crippen LogP contribution in [0.4, 0.5) is 0 Å². The van der Waals surface area contributed by atoms with Gasteiger partial charge in [0.05, 0.1) is 17.0 Å². The van der Waals surface area contributed by atoms with E-state index in [0.717, 1.165) is 47.8 Å². The first-order chi connectivity index (χ1) is 17.7. The van der Waals surface area contributed by atoms with Crippen LogP contribution in [0.3, 0.4) is 0 Å². The van der Waals surface area contributed by atoms with Gasteiger partial charge in [-0.1, -0.05) is 43.5 Å². The van der Waals surface area contributed by atoms with E-state index in [0.29, 0.717) is 35.7 Å². The first kappa shape index (κ1) is 25.8. The minimum atomic E-state index is -0.774. The average molecular weight is 524 g/mol. The number of benzene rings is 2. The van der Waals surface area contributed by atoms with E-state index in [1.165, 1.54) is 6.07 Å². The van der Waals surface area contributed by atoms with Gasteiger partial charge in [0.15, 0.2) is 6.10 Å². The van der Waals surface area contributed by atoms with Crippen molar-refractivity contribution in [2.45, 2.75) is 77.0 Å². The molecule has 37 heavy (non-hydrogen) atoms. The Morgan fingerprint density at radius 1 is 1.22 bits per heavy atom. The van der Waals surface area contributed by atoms with Gasteiger partial charge in [-0.25, -0.2) is 4.79 Å². The van der Waals surface area contributed by atoms with E-state index in [2.05, 4.69) is 0 Å². The maximum atomic E-state index is 14.0. The first-order valence-electron chi connectivity index (χ1n) is 13.2. The number of fused-ring (bicyclic) bond motifs is 2. The molecule has 3 aromatic rings. The summed E-state index contributed by atoms with van der Waals surface area (Å²) in [5, 5.41) is 12.9. The van der Waals surface area contributed by atoms with Crippen LogP contribution in [0.1, 0.15) is 68.7 Å². The molecule has 6 nitrogen and oxygen atoms in total. The van der Waals surface area contributed by atoms with E-state index in [1.807, 2.05) is 55.1 Å². The van der Waals surface area contributed by atoms with Gasteiger partial charge in [0.1, 0.15) is 11.3 Å². The van der Waals surface area contributed by atoms with E-state index in [1.54, 1.807) is 6.92 Å². The van der Waals surface area contributed by atoms with Crippen LogP contribution in [-0.2, 0) is 11.2 Å². The number of carbonyl (C=O) groups is 1. The van der Waals surface area contributed by atoms with E-state index in [4.69, 9.17) is 20.8 Å². The van der Waals surface area contributed by atoms with Gasteiger partial charge in [0.2, 0.25) is 0 Å². The lowest BCUT2D eigenvalue weighted by Crippen LogP contribution is -2.58. The number of ether oxygens (including phenoxy) is 1. The molecule has 1 saturated heterocycles. The molecule has 0 unspecified atom stereocenters. The van der Waals surface area contributed by atoms with E-state index >= 15 is 0 Å². The van der Waals surface area contributed by atoms with Gasteiger partial charge < -0.3 is 19.2 Å². The Hall–Kier alpha value is -2.83. The zero-order valence-electron chi connectivity index (χ0n) is 21.6. The quantitative estimate of drug-likeness (QED) is 0.416. The van der Waals surface area contributed by atoms with Crippen molar-refractivity contribution in [3.05, 3.63) is 74.6 Å². The summed E-state index contributed by atoms with van der Waals surface area (Å²) in [6.45, 7) is 6.10. The average Bonchev–Trinajstić information content (AvgIpc) is 2.87. The second-order valence-electron chi connectivity index (χ2n) is 10.6. The molecule has 2 fully saturated rings. The van der Waals surface area contributed by atoms with E-state index in [9.17, 15) is 14.7 Å². The van der Waals surface area contributed by atoms with Gasteiger partial charge in [-0.2, -0.15) is 0 Å². The highest BCUT2D eigenvalue weighted by Gasteiger charge is 2.50. The number of piperidine rings is 1. The fraction of sp³-hybridized carbons (Fsp3) is 0.467. The molecule has 1 aromatic heterocycles. The molecule has 0 spiro atoms. The van der Waals surface area contributed by atoms with Crippen molar-refractivity contribution in [1.82, 2.24) is 4.90 Å². The highest BCUT2D eigenvalue weighted by molar-refractivity contribution is 6.30. The van der Waals surface area contributed by atoms with Crippen molar-refractivity contribution in [1.29, 1.82) is 0 Å². The normalized spacial score (nSPS) is 24.5. The van der Waals surface area contributed by atoms with Crippen LogP contribution < -0.4 is 10.4 Å². The highest BCUT2D eigenvalue weighted by atomic mass is 35.5. The van der Waals surface area contributed by atoms with Crippen LogP contribution in [0.2, 0.25) is 5.02 Å². The molecular weight excluding hydrogens is 490 g/mol. The molecular formula is C30H34ClNO5. The van der Waals surface area contributed by atoms with Crippen molar-refractivity contribution in [2.24, 2.45) is 5.92 Å². The number of likely N-dealkylation sites (tertiary alicyclic amines) is 1. The van der Waals surface area contributed by atoms with Gasteiger partial charge in [-0.05, 0) is 80.5 Å². The van der Waals surface area contributed by atoms with Gasteiger partial charge in [-0.15, -0.1) is 0 Å². The fourth-order valence-electron chi connectivity index (χ4n) is 6.32. The smallest absolute Gasteiger partial charge is 0.336 e. The zero-order valence-corrected chi connectivity index (χ0v) is 22.4. The Morgan fingerprint density at radius 3 is 2.70 bits per heavy atom. The van der Waals surface area contributed by atoms with Crippen molar-refractivity contribution < 1.29 is 19.1 Å². The van der Waals surface area contributed by atoms with Crippen molar-refractivity contribution in [3.8, 4) is 5.75 Å². The summed E-state index contributed by atoms with van der Waals surface area (Å²) in [5.74, 6) is 0.358. The zero-order chi connectivity index (χ0) is 26.3. The Morgan fingerprint density at radius 2 is 1.97 bits per heavy atom. The SMILES string of the molecule is CCc1cc(=O)oc2cc(C)cc(O[C@H](C)C(=O)N3CC[C@]4(O)CCCC[C@@H]4[C@@H]3c3ccc(Cl)cc3)c12. The molecule has 1 amide bonds. The maximum absolute atomic E-state index is 14.0. The van der Waals surface area contributed by atoms with Crippen LogP contribution in [0.5, 0.6) is 5.75 Å². The molecule has 2 aliphatic rings. The van der Waals surface area contributed by atoms with Gasteiger partial charge >= 0.3 is 5.63 Å². The Kier molecular flexibility index (Phi) is 7.08. The molecule has 1 N–H and O–H groups in total. The number of amides is 1. The topological polar surface area (TPSA) is 80.0 Å². The van der Waals surface area contributed by atoms with Crippen LogP contribution >= 0.6 is 11.6 Å². The summed E-state index contributed by atoms with van der Waals surface area (Å²) in [5.41, 5.74) is 1.97. The molecule has 5 rings (SSSR count). The number of carbonyl (C=O) groups excluding carboxylic acids is 1. The standard InChI is InChI=1S/C30H34ClNO5/c1-4-20-17-26(33)37-25-16-18(2)15-24(27(20)25)36-19(3)29(34)32-14-13-30(35)12-6-5-7-23(30)28(32)21-8-10-22(31)11-9-21/h8-11,15-17,19,23,28,35H,4-7,12-14H2,1-3H3/t19-,23-,28+,30-/m1/s1. The number of hydrogen-bond acceptors (Lipinski definition) is 5. The lowest BCUT2D eigenvalue weighted by molar-refractivity contribution is -0.161. The fourth-order valence-corrected chi connectivity index (χ4v) is 6.44. The number of hydrogen-bond donors (Lipinski definition) is 1. The second-order valence-corrected chi connectivity index (χ2v) is 11.0. The third-order valence-electron chi connectivity index (χ3n) is 8.13. The number of rotatable bonds is 5. The van der Waals surface area contributed by atoms with E-state index < -0.39 is 17.3 Å². The molecule has 1 aliphatic heterocycles. The minimum Gasteiger partial charge on any atom is -0.480 e. The van der Waals surface area contributed by atoms with E-state index in [-0.39, 0.29) is 17.9 Å². The summed E-state index contributed by atoms with van der Waals surface area (Å²) in [7, 11) is 0. The van der Waals surface area contributed by atoms with Crippen LogP contribution in [0, 0.1) is 12.8 Å². The molecule has 0 bridgehead atoms. The predicted molar refractivity (Wildman–Crippen MR) is 144 cm³/mol. The number of aryl methyl sites for hydroxylation is 2. The van der Waals surface area contributed by atoms with Crippen molar-refractivity contribution >= 4 is 28.5 Å². The summed E-state index contributed by atoms with van der Waals surface area (Å²) in [6, 6.07) is 12.5. The Labute approximate surface area is 222 Å². The molecule has 0 radical (unpaired) electrons. The number of nitrogens with zero attached hydrogens (tertiary/aromatic N) is 1. The first-order valence-corrected chi connectivity index (χ1v) is 13.6. The monoisotopic (exact) mass is 523 g/mol. The van der Waals surface area contributed by atoms with Crippen LogP contribution in [-0.4, -0.2) is 34.2 Å². The lowest BCUT2D eigenvalue weighted by Gasteiger charge is -2.53. The molecule has 2 aromatic carbocycles. The largest absolute Gasteiger partial charge is 0.480 e. The molecule has 1 saturated carbocycles. The van der Waals surface area contributed by atoms with Crippen LogP contribution in [0.15, 0.2) is 51.7 Å². The number of halogens is 1.